The first-order valence-corrected chi connectivity index (χ1v) is 8.78. The molecule has 1 aromatic carbocycles. The summed E-state index contributed by atoms with van der Waals surface area (Å²) in [6.45, 7) is 5.98. The lowest BCUT2D eigenvalue weighted by Crippen LogP contribution is -2.37. The molecule has 0 saturated carbocycles. The summed E-state index contributed by atoms with van der Waals surface area (Å²) < 4.78 is 0. The highest BCUT2D eigenvalue weighted by Crippen LogP contribution is 2.20. The van der Waals surface area contributed by atoms with E-state index < -0.39 is 0 Å². The number of rotatable bonds is 1. The van der Waals surface area contributed by atoms with Crippen molar-refractivity contribution in [1.29, 1.82) is 0 Å². The van der Waals surface area contributed by atoms with Crippen molar-refractivity contribution in [3.8, 4) is 11.8 Å². The van der Waals surface area contributed by atoms with Crippen LogP contribution >= 0.6 is 11.3 Å². The van der Waals surface area contributed by atoms with E-state index in [4.69, 9.17) is 0 Å². The minimum Gasteiger partial charge on any atom is -0.338 e. The fourth-order valence-electron chi connectivity index (χ4n) is 2.63. The van der Waals surface area contributed by atoms with Crippen LogP contribution in [0.15, 0.2) is 30.5 Å². The van der Waals surface area contributed by atoms with E-state index in [1.807, 2.05) is 36.1 Å². The van der Waals surface area contributed by atoms with Crippen molar-refractivity contribution in [2.24, 2.45) is 5.92 Å². The topological polar surface area (TPSA) is 33.2 Å². The van der Waals surface area contributed by atoms with Gasteiger partial charge in [-0.1, -0.05) is 31.0 Å². The van der Waals surface area contributed by atoms with E-state index in [1.54, 1.807) is 6.20 Å². The van der Waals surface area contributed by atoms with Gasteiger partial charge in [0.2, 0.25) is 0 Å². The highest BCUT2D eigenvalue weighted by Gasteiger charge is 2.22. The lowest BCUT2D eigenvalue weighted by molar-refractivity contribution is 0.0702. The number of nitrogens with zero attached hydrogens (tertiary/aromatic N) is 2. The maximum absolute atomic E-state index is 12.5. The molecule has 1 amide bonds. The summed E-state index contributed by atoms with van der Waals surface area (Å²) in [5.41, 5.74) is 2.15. The Morgan fingerprint density at radius 1 is 1.26 bits per heavy atom. The molecule has 1 aliphatic heterocycles. The van der Waals surface area contributed by atoms with Crippen LogP contribution in [-0.2, 0) is 0 Å². The van der Waals surface area contributed by atoms with Crippen LogP contribution in [0, 0.1) is 24.7 Å². The number of amides is 1. The average molecular weight is 324 g/mol. The van der Waals surface area contributed by atoms with Gasteiger partial charge in [0.05, 0.1) is 6.20 Å². The predicted octanol–water partition coefficient (Wildman–Crippen LogP) is 3.72. The zero-order valence-corrected chi connectivity index (χ0v) is 14.3. The SMILES string of the molecule is Cc1ccccc1C#Cc1ncc(C(=O)N2CCC(C)CC2)s1. The Morgan fingerprint density at radius 3 is 2.74 bits per heavy atom. The highest BCUT2D eigenvalue weighted by molar-refractivity contribution is 7.14. The van der Waals surface area contributed by atoms with Gasteiger partial charge < -0.3 is 4.90 Å². The van der Waals surface area contributed by atoms with Crippen LogP contribution in [0.25, 0.3) is 0 Å². The van der Waals surface area contributed by atoms with Crippen molar-refractivity contribution in [2.75, 3.05) is 13.1 Å². The molecule has 4 heteroatoms. The fraction of sp³-hybridized carbons (Fsp3) is 0.368. The second kappa shape index (κ2) is 6.97. The normalized spacial score (nSPS) is 15.1. The maximum Gasteiger partial charge on any atom is 0.265 e. The fourth-order valence-corrected chi connectivity index (χ4v) is 3.37. The molecule has 1 aliphatic rings. The molecule has 0 atom stereocenters. The lowest BCUT2D eigenvalue weighted by Gasteiger charge is -2.29. The smallest absolute Gasteiger partial charge is 0.265 e. The Balaban J connectivity index is 1.71. The number of aryl methyl sites for hydroxylation is 1. The van der Waals surface area contributed by atoms with E-state index in [0.717, 1.165) is 43.0 Å². The van der Waals surface area contributed by atoms with Gasteiger partial charge in [-0.2, -0.15) is 0 Å². The molecule has 1 saturated heterocycles. The number of likely N-dealkylation sites (tertiary alicyclic amines) is 1. The number of piperidine rings is 1. The zero-order chi connectivity index (χ0) is 16.2. The van der Waals surface area contributed by atoms with Gasteiger partial charge in [-0.25, -0.2) is 4.98 Å². The molecular weight excluding hydrogens is 304 g/mol. The van der Waals surface area contributed by atoms with Crippen molar-refractivity contribution < 1.29 is 4.79 Å². The van der Waals surface area contributed by atoms with Crippen LogP contribution in [0.4, 0.5) is 0 Å². The number of hydrogen-bond acceptors (Lipinski definition) is 3. The van der Waals surface area contributed by atoms with Crippen molar-refractivity contribution >= 4 is 17.2 Å². The van der Waals surface area contributed by atoms with Gasteiger partial charge in [0.25, 0.3) is 5.91 Å². The standard InChI is InChI=1S/C19H20N2OS/c1-14-9-11-21(12-10-14)19(22)17-13-20-18(23-17)8-7-16-6-4-3-5-15(16)2/h3-6,13-14H,9-12H2,1-2H3. The minimum absolute atomic E-state index is 0.0957. The summed E-state index contributed by atoms with van der Waals surface area (Å²) in [7, 11) is 0. The van der Waals surface area contributed by atoms with E-state index in [-0.39, 0.29) is 5.91 Å². The Hall–Kier alpha value is -2.12. The Kier molecular flexibility index (Phi) is 4.78. The van der Waals surface area contributed by atoms with E-state index in [0.29, 0.717) is 9.88 Å². The number of benzene rings is 1. The molecule has 0 spiro atoms. The van der Waals surface area contributed by atoms with E-state index in [2.05, 4.69) is 23.7 Å². The van der Waals surface area contributed by atoms with Gasteiger partial charge in [-0.05, 0) is 43.2 Å². The van der Waals surface area contributed by atoms with E-state index in [1.165, 1.54) is 11.3 Å². The van der Waals surface area contributed by atoms with Crippen LogP contribution in [-0.4, -0.2) is 28.9 Å². The molecule has 3 rings (SSSR count). The third kappa shape index (κ3) is 3.80. The predicted molar refractivity (Wildman–Crippen MR) is 93.6 cm³/mol. The van der Waals surface area contributed by atoms with Crippen molar-refractivity contribution in [1.82, 2.24) is 9.88 Å². The number of carbonyl (C=O) groups is 1. The quantitative estimate of drug-likeness (QED) is 0.749. The molecular formula is C19H20N2OS. The van der Waals surface area contributed by atoms with Gasteiger partial charge in [-0.15, -0.1) is 11.3 Å². The van der Waals surface area contributed by atoms with Crippen molar-refractivity contribution in [3.63, 3.8) is 0 Å². The molecule has 1 aromatic heterocycles. The van der Waals surface area contributed by atoms with Crippen LogP contribution in [0.2, 0.25) is 0 Å². The third-order valence-corrected chi connectivity index (χ3v) is 5.14. The molecule has 0 N–H and O–H groups in total. The van der Waals surface area contributed by atoms with E-state index >= 15 is 0 Å². The summed E-state index contributed by atoms with van der Waals surface area (Å²) in [6, 6.07) is 8.01. The summed E-state index contributed by atoms with van der Waals surface area (Å²) >= 11 is 1.38. The molecule has 2 heterocycles. The summed E-state index contributed by atoms with van der Waals surface area (Å²) in [5.74, 6) is 7.03. The van der Waals surface area contributed by atoms with Crippen molar-refractivity contribution in [3.05, 3.63) is 51.5 Å². The number of thiazole rings is 1. The maximum atomic E-state index is 12.5. The van der Waals surface area contributed by atoms with Gasteiger partial charge in [0.1, 0.15) is 4.88 Å². The molecule has 0 aliphatic carbocycles. The molecule has 23 heavy (non-hydrogen) atoms. The summed E-state index contributed by atoms with van der Waals surface area (Å²) in [5, 5.41) is 0.696. The molecule has 0 bridgehead atoms. The molecule has 0 unspecified atom stereocenters. The minimum atomic E-state index is 0.0957. The molecule has 2 aromatic rings. The Morgan fingerprint density at radius 2 is 2.00 bits per heavy atom. The van der Waals surface area contributed by atoms with Crippen LogP contribution < -0.4 is 0 Å². The summed E-state index contributed by atoms with van der Waals surface area (Å²) in [6.07, 6.45) is 3.84. The van der Waals surface area contributed by atoms with Gasteiger partial charge in [0.15, 0.2) is 5.01 Å². The van der Waals surface area contributed by atoms with Crippen LogP contribution in [0.1, 0.15) is 45.6 Å². The monoisotopic (exact) mass is 324 g/mol. The van der Waals surface area contributed by atoms with Gasteiger partial charge >= 0.3 is 0 Å². The third-order valence-electron chi connectivity index (χ3n) is 4.24. The molecule has 0 radical (unpaired) electrons. The number of aromatic nitrogens is 1. The zero-order valence-electron chi connectivity index (χ0n) is 13.5. The first-order valence-electron chi connectivity index (χ1n) is 7.96. The highest BCUT2D eigenvalue weighted by atomic mass is 32.1. The molecule has 3 nitrogen and oxygen atoms in total. The Bertz CT molecular complexity index is 761. The van der Waals surface area contributed by atoms with Crippen LogP contribution in [0.3, 0.4) is 0 Å². The largest absolute Gasteiger partial charge is 0.338 e. The molecule has 1 fully saturated rings. The number of carbonyl (C=O) groups excluding carboxylic acids is 1. The lowest BCUT2D eigenvalue weighted by atomic mass is 9.99. The van der Waals surface area contributed by atoms with Gasteiger partial charge in [0, 0.05) is 18.7 Å². The van der Waals surface area contributed by atoms with Crippen LogP contribution in [0.5, 0.6) is 0 Å². The van der Waals surface area contributed by atoms with Crippen molar-refractivity contribution in [2.45, 2.75) is 26.7 Å². The van der Waals surface area contributed by atoms with E-state index in [9.17, 15) is 4.79 Å². The summed E-state index contributed by atoms with van der Waals surface area (Å²) in [4.78, 5) is 19.4. The first-order chi connectivity index (χ1) is 11.1. The number of hydrogen-bond donors (Lipinski definition) is 0. The second-order valence-corrected chi connectivity index (χ2v) is 7.10. The first kappa shape index (κ1) is 15.8. The molecule has 118 valence electrons. The van der Waals surface area contributed by atoms with Gasteiger partial charge in [-0.3, -0.25) is 4.79 Å². The second-order valence-electron chi connectivity index (χ2n) is 6.07. The average Bonchev–Trinajstić information content (AvgIpc) is 3.03. The Labute approximate surface area is 141 Å².